The van der Waals surface area contributed by atoms with Gasteiger partial charge in [-0.05, 0) is 52.8 Å². The third kappa shape index (κ3) is 4.35. The Morgan fingerprint density at radius 2 is 1.76 bits per heavy atom. The Labute approximate surface area is 139 Å². The fourth-order valence-electron chi connectivity index (χ4n) is 2.25. The second-order valence-corrected chi connectivity index (χ2v) is 6.07. The Bertz CT molecular complexity index is 614. The molecule has 0 radical (unpaired) electrons. The molecule has 0 aromatic heterocycles. The average Bonchev–Trinajstić information content (AvgIpc) is 2.46. The second kappa shape index (κ2) is 7.66. The third-order valence-corrected chi connectivity index (χ3v) is 4.04. The van der Waals surface area contributed by atoms with Crippen molar-refractivity contribution in [3.63, 3.8) is 0 Å². The molecule has 0 aliphatic rings. The van der Waals surface area contributed by atoms with Gasteiger partial charge >= 0.3 is 0 Å². The molecule has 4 heteroatoms. The fraction of sp³-hybridized carbons (Fsp3) is 0.294. The van der Waals surface area contributed by atoms with E-state index in [0.717, 1.165) is 28.2 Å². The lowest BCUT2D eigenvalue weighted by molar-refractivity contribution is 0.352. The molecule has 2 aromatic carbocycles. The minimum absolute atomic E-state index is 0.775. The normalized spacial score (nSPS) is 10.5. The monoisotopic (exact) mass is 397 g/mol. The van der Waals surface area contributed by atoms with E-state index in [4.69, 9.17) is 9.47 Å². The number of ether oxygens (including phenoxy) is 2. The number of nitrogens with one attached hydrogen (secondary N) is 1. The molecule has 2 aromatic rings. The number of aryl methyl sites for hydroxylation is 1. The molecule has 0 heterocycles. The Morgan fingerprint density at radius 3 is 2.43 bits per heavy atom. The highest BCUT2D eigenvalue weighted by Crippen LogP contribution is 2.33. The van der Waals surface area contributed by atoms with Gasteiger partial charge in [-0.2, -0.15) is 0 Å². The van der Waals surface area contributed by atoms with Gasteiger partial charge in [-0.3, -0.25) is 0 Å². The molecule has 0 saturated heterocycles. The van der Waals surface area contributed by atoms with Gasteiger partial charge in [0.25, 0.3) is 0 Å². The van der Waals surface area contributed by atoms with Crippen molar-refractivity contribution >= 4 is 22.6 Å². The predicted octanol–water partition coefficient (Wildman–Crippen LogP) is 3.91. The molecule has 3 nitrogen and oxygen atoms in total. The summed E-state index contributed by atoms with van der Waals surface area (Å²) in [5, 5.41) is 3.46. The van der Waals surface area contributed by atoms with Crippen LogP contribution in [0.5, 0.6) is 11.5 Å². The maximum atomic E-state index is 5.38. The van der Waals surface area contributed by atoms with Gasteiger partial charge in [-0.1, -0.05) is 29.8 Å². The van der Waals surface area contributed by atoms with Gasteiger partial charge in [0.1, 0.15) is 0 Å². The van der Waals surface area contributed by atoms with Gasteiger partial charge in [0, 0.05) is 13.1 Å². The minimum Gasteiger partial charge on any atom is -0.493 e. The van der Waals surface area contributed by atoms with Crippen molar-refractivity contribution in [1.82, 2.24) is 5.32 Å². The van der Waals surface area contributed by atoms with E-state index in [9.17, 15) is 0 Å². The molecule has 0 aliphatic carbocycles. The van der Waals surface area contributed by atoms with Crippen LogP contribution in [0.3, 0.4) is 0 Å². The first-order chi connectivity index (χ1) is 10.1. The van der Waals surface area contributed by atoms with E-state index in [1.807, 2.05) is 6.07 Å². The Morgan fingerprint density at radius 1 is 1.00 bits per heavy atom. The number of halogens is 1. The summed E-state index contributed by atoms with van der Waals surface area (Å²) < 4.78 is 11.8. The zero-order valence-electron chi connectivity index (χ0n) is 12.6. The lowest BCUT2D eigenvalue weighted by Gasteiger charge is -2.12. The van der Waals surface area contributed by atoms with E-state index in [0.29, 0.717) is 0 Å². The molecule has 1 N–H and O–H groups in total. The van der Waals surface area contributed by atoms with Crippen LogP contribution in [0.2, 0.25) is 0 Å². The van der Waals surface area contributed by atoms with E-state index < -0.39 is 0 Å². The van der Waals surface area contributed by atoms with Crippen molar-refractivity contribution in [3.05, 3.63) is 56.7 Å². The second-order valence-electron chi connectivity index (χ2n) is 4.91. The van der Waals surface area contributed by atoms with Gasteiger partial charge in [-0.15, -0.1) is 0 Å². The standard InChI is InChI=1S/C17H20INO2/c1-12-5-4-6-13(7-12)10-19-11-14-8-15(18)17(21-3)16(9-14)20-2/h4-9,19H,10-11H2,1-3H3. The van der Waals surface area contributed by atoms with E-state index in [2.05, 4.69) is 65.2 Å². The topological polar surface area (TPSA) is 30.5 Å². The van der Waals surface area contributed by atoms with E-state index in [1.54, 1.807) is 14.2 Å². The first-order valence-electron chi connectivity index (χ1n) is 6.80. The van der Waals surface area contributed by atoms with Crippen LogP contribution in [-0.2, 0) is 13.1 Å². The summed E-state index contributed by atoms with van der Waals surface area (Å²) in [4.78, 5) is 0. The van der Waals surface area contributed by atoms with Gasteiger partial charge in [0.15, 0.2) is 11.5 Å². The highest BCUT2D eigenvalue weighted by Gasteiger charge is 2.10. The predicted molar refractivity (Wildman–Crippen MR) is 94.0 cm³/mol. The van der Waals surface area contributed by atoms with Crippen LogP contribution < -0.4 is 14.8 Å². The molecule has 2 rings (SSSR count). The molecule has 0 atom stereocenters. The zero-order chi connectivity index (χ0) is 15.2. The van der Waals surface area contributed by atoms with Gasteiger partial charge in [0.05, 0.1) is 17.8 Å². The number of hydrogen-bond donors (Lipinski definition) is 1. The van der Waals surface area contributed by atoms with Gasteiger partial charge in [-0.25, -0.2) is 0 Å². The van der Waals surface area contributed by atoms with Gasteiger partial charge in [0.2, 0.25) is 0 Å². The number of hydrogen-bond acceptors (Lipinski definition) is 3. The molecule has 0 bridgehead atoms. The maximum absolute atomic E-state index is 5.38. The average molecular weight is 397 g/mol. The summed E-state index contributed by atoms with van der Waals surface area (Å²) in [7, 11) is 3.33. The van der Waals surface area contributed by atoms with Crippen molar-refractivity contribution in [2.75, 3.05) is 14.2 Å². The zero-order valence-corrected chi connectivity index (χ0v) is 14.7. The summed E-state index contributed by atoms with van der Waals surface area (Å²) in [5.74, 6) is 1.57. The maximum Gasteiger partial charge on any atom is 0.174 e. The molecule has 0 fully saturated rings. The Balaban J connectivity index is 2.02. The van der Waals surface area contributed by atoms with E-state index in [1.165, 1.54) is 16.7 Å². The van der Waals surface area contributed by atoms with Crippen LogP contribution in [0.4, 0.5) is 0 Å². The molecule has 112 valence electrons. The number of methoxy groups -OCH3 is 2. The van der Waals surface area contributed by atoms with Gasteiger partial charge < -0.3 is 14.8 Å². The molecule has 0 unspecified atom stereocenters. The summed E-state index contributed by atoms with van der Waals surface area (Å²) in [6, 6.07) is 12.7. The van der Waals surface area contributed by atoms with Crippen LogP contribution in [0.15, 0.2) is 36.4 Å². The van der Waals surface area contributed by atoms with Crippen LogP contribution in [0.1, 0.15) is 16.7 Å². The van der Waals surface area contributed by atoms with Crippen molar-refractivity contribution in [1.29, 1.82) is 0 Å². The smallest absolute Gasteiger partial charge is 0.174 e. The summed E-state index contributed by atoms with van der Waals surface area (Å²) in [6.45, 7) is 3.76. The molecular weight excluding hydrogens is 377 g/mol. The molecule has 0 spiro atoms. The fourth-order valence-corrected chi connectivity index (χ4v) is 3.13. The number of benzene rings is 2. The summed E-state index contributed by atoms with van der Waals surface area (Å²) in [6.07, 6.45) is 0. The largest absolute Gasteiger partial charge is 0.493 e. The molecule has 0 aliphatic heterocycles. The highest BCUT2D eigenvalue weighted by molar-refractivity contribution is 14.1. The summed E-state index contributed by atoms with van der Waals surface area (Å²) >= 11 is 2.27. The van der Waals surface area contributed by atoms with E-state index in [-0.39, 0.29) is 0 Å². The lowest BCUT2D eigenvalue weighted by Crippen LogP contribution is -2.13. The SMILES string of the molecule is COc1cc(CNCc2cccc(C)c2)cc(I)c1OC. The molecule has 21 heavy (non-hydrogen) atoms. The van der Waals surface area contributed by atoms with Crippen molar-refractivity contribution in [2.45, 2.75) is 20.0 Å². The minimum atomic E-state index is 0.775. The first-order valence-corrected chi connectivity index (χ1v) is 7.88. The Hall–Kier alpha value is -1.27. The van der Waals surface area contributed by atoms with Crippen LogP contribution in [-0.4, -0.2) is 14.2 Å². The number of rotatable bonds is 6. The quantitative estimate of drug-likeness (QED) is 0.750. The lowest BCUT2D eigenvalue weighted by atomic mass is 10.1. The van der Waals surface area contributed by atoms with Crippen LogP contribution >= 0.6 is 22.6 Å². The van der Waals surface area contributed by atoms with Crippen molar-refractivity contribution in [2.24, 2.45) is 0 Å². The van der Waals surface area contributed by atoms with E-state index >= 15 is 0 Å². The molecule has 0 amide bonds. The molecule has 0 saturated carbocycles. The Kier molecular flexibility index (Phi) is 5.87. The highest BCUT2D eigenvalue weighted by atomic mass is 127. The van der Waals surface area contributed by atoms with Crippen LogP contribution in [0.25, 0.3) is 0 Å². The molecular formula is C17H20INO2. The third-order valence-electron chi connectivity index (χ3n) is 3.23. The first kappa shape index (κ1) is 16.1. The van der Waals surface area contributed by atoms with Crippen molar-refractivity contribution in [3.8, 4) is 11.5 Å². The van der Waals surface area contributed by atoms with Crippen LogP contribution in [0, 0.1) is 10.5 Å². The summed E-state index contributed by atoms with van der Waals surface area (Å²) in [5.41, 5.74) is 3.77. The van der Waals surface area contributed by atoms with Crippen molar-refractivity contribution < 1.29 is 9.47 Å².